The van der Waals surface area contributed by atoms with E-state index in [9.17, 15) is 0 Å². The number of ether oxygens (including phenoxy) is 1. The van der Waals surface area contributed by atoms with E-state index in [0.717, 1.165) is 19.8 Å². The molecule has 1 aliphatic heterocycles. The highest BCUT2D eigenvalue weighted by molar-refractivity contribution is 4.94. The summed E-state index contributed by atoms with van der Waals surface area (Å²) in [5, 5.41) is 3.59. The van der Waals surface area contributed by atoms with E-state index in [4.69, 9.17) is 10.5 Å². The first-order valence-electron chi connectivity index (χ1n) is 6.30. The summed E-state index contributed by atoms with van der Waals surface area (Å²) in [6, 6.07) is 0.249. The molecule has 88 valence electrons. The lowest BCUT2D eigenvalue weighted by atomic mass is 9.99. The molecule has 1 saturated carbocycles. The molecule has 3 heteroatoms. The topological polar surface area (TPSA) is 47.3 Å². The van der Waals surface area contributed by atoms with Crippen molar-refractivity contribution in [2.75, 3.05) is 26.3 Å². The van der Waals surface area contributed by atoms with Crippen molar-refractivity contribution in [3.05, 3.63) is 0 Å². The molecule has 0 amide bonds. The van der Waals surface area contributed by atoms with Crippen LogP contribution in [0.25, 0.3) is 0 Å². The summed E-state index contributed by atoms with van der Waals surface area (Å²) < 4.78 is 5.35. The Bertz CT molecular complexity index is 204. The molecule has 0 spiro atoms. The predicted octanol–water partition coefficient (Wildman–Crippen LogP) is 1.13. The Morgan fingerprint density at radius 3 is 2.73 bits per heavy atom. The van der Waals surface area contributed by atoms with E-state index in [-0.39, 0.29) is 6.04 Å². The average molecular weight is 212 g/mol. The van der Waals surface area contributed by atoms with Crippen LogP contribution in [0.5, 0.6) is 0 Å². The second kappa shape index (κ2) is 4.81. The molecular weight excluding hydrogens is 188 g/mol. The van der Waals surface area contributed by atoms with E-state index in [1.165, 1.54) is 32.2 Å². The molecule has 15 heavy (non-hydrogen) atoms. The molecular formula is C12H24N2O. The Hall–Kier alpha value is -0.120. The van der Waals surface area contributed by atoms with Crippen molar-refractivity contribution in [2.24, 2.45) is 17.1 Å². The fourth-order valence-corrected chi connectivity index (χ4v) is 2.57. The third-order valence-corrected chi connectivity index (χ3v) is 3.89. The monoisotopic (exact) mass is 212 g/mol. The maximum atomic E-state index is 5.94. The van der Waals surface area contributed by atoms with E-state index < -0.39 is 0 Å². The first-order chi connectivity index (χ1) is 7.26. The van der Waals surface area contributed by atoms with Crippen LogP contribution in [0.1, 0.15) is 32.6 Å². The molecule has 0 bridgehead atoms. The molecule has 1 aliphatic carbocycles. The predicted molar refractivity (Wildman–Crippen MR) is 61.7 cm³/mol. The van der Waals surface area contributed by atoms with Gasteiger partial charge in [-0.05, 0) is 24.7 Å². The Balaban J connectivity index is 1.62. The standard InChI is InChI=1S/C12H24N2O/c1-2-3-12(4-5-12)9-14-6-10-7-15-8-11(10)13/h10-11,14H,2-9,13H2,1H3. The Morgan fingerprint density at radius 1 is 1.40 bits per heavy atom. The lowest BCUT2D eigenvalue weighted by Gasteiger charge is -2.18. The second-order valence-corrected chi connectivity index (χ2v) is 5.34. The lowest BCUT2D eigenvalue weighted by Crippen LogP contribution is -2.37. The SMILES string of the molecule is CCCC1(CNCC2COCC2N)CC1. The Morgan fingerprint density at radius 2 is 2.20 bits per heavy atom. The molecule has 2 fully saturated rings. The van der Waals surface area contributed by atoms with Crippen LogP contribution in [0.3, 0.4) is 0 Å². The summed E-state index contributed by atoms with van der Waals surface area (Å²) in [7, 11) is 0. The van der Waals surface area contributed by atoms with Crippen LogP contribution >= 0.6 is 0 Å². The highest BCUT2D eigenvalue weighted by Gasteiger charge is 2.41. The highest BCUT2D eigenvalue weighted by atomic mass is 16.5. The molecule has 0 aromatic heterocycles. The smallest absolute Gasteiger partial charge is 0.0621 e. The van der Waals surface area contributed by atoms with E-state index >= 15 is 0 Å². The minimum Gasteiger partial charge on any atom is -0.379 e. The summed E-state index contributed by atoms with van der Waals surface area (Å²) in [6.45, 7) is 6.08. The van der Waals surface area contributed by atoms with Crippen LogP contribution in [-0.2, 0) is 4.74 Å². The van der Waals surface area contributed by atoms with Gasteiger partial charge in [0.05, 0.1) is 13.2 Å². The molecule has 3 nitrogen and oxygen atoms in total. The minimum atomic E-state index is 0.249. The van der Waals surface area contributed by atoms with Gasteiger partial charge in [-0.3, -0.25) is 0 Å². The van der Waals surface area contributed by atoms with Gasteiger partial charge in [-0.15, -0.1) is 0 Å². The normalized spacial score (nSPS) is 33.2. The van der Waals surface area contributed by atoms with Crippen LogP contribution in [-0.4, -0.2) is 32.3 Å². The molecule has 0 radical (unpaired) electrons. The minimum absolute atomic E-state index is 0.249. The van der Waals surface area contributed by atoms with Crippen molar-refractivity contribution < 1.29 is 4.74 Å². The largest absolute Gasteiger partial charge is 0.379 e. The van der Waals surface area contributed by atoms with Crippen molar-refractivity contribution in [3.63, 3.8) is 0 Å². The fraction of sp³-hybridized carbons (Fsp3) is 1.00. The van der Waals surface area contributed by atoms with E-state index in [0.29, 0.717) is 11.3 Å². The van der Waals surface area contributed by atoms with Gasteiger partial charge in [0.2, 0.25) is 0 Å². The number of hydrogen-bond donors (Lipinski definition) is 2. The Labute approximate surface area is 92.7 Å². The van der Waals surface area contributed by atoms with E-state index in [2.05, 4.69) is 12.2 Å². The van der Waals surface area contributed by atoms with Gasteiger partial charge in [0, 0.05) is 25.0 Å². The van der Waals surface area contributed by atoms with Gasteiger partial charge in [-0.25, -0.2) is 0 Å². The van der Waals surface area contributed by atoms with E-state index in [1.54, 1.807) is 0 Å². The average Bonchev–Trinajstić information content (AvgIpc) is 2.85. The van der Waals surface area contributed by atoms with Crippen molar-refractivity contribution in [3.8, 4) is 0 Å². The van der Waals surface area contributed by atoms with Crippen molar-refractivity contribution >= 4 is 0 Å². The second-order valence-electron chi connectivity index (χ2n) is 5.34. The van der Waals surface area contributed by atoms with Crippen molar-refractivity contribution in [1.82, 2.24) is 5.32 Å². The molecule has 0 aromatic rings. The van der Waals surface area contributed by atoms with Crippen LogP contribution in [0, 0.1) is 11.3 Å². The van der Waals surface area contributed by atoms with E-state index in [1.807, 2.05) is 0 Å². The quantitative estimate of drug-likeness (QED) is 0.694. The Kier molecular flexibility index (Phi) is 3.65. The fourth-order valence-electron chi connectivity index (χ4n) is 2.57. The van der Waals surface area contributed by atoms with Gasteiger partial charge < -0.3 is 15.8 Å². The lowest BCUT2D eigenvalue weighted by molar-refractivity contribution is 0.183. The van der Waals surface area contributed by atoms with Crippen molar-refractivity contribution in [1.29, 1.82) is 0 Å². The molecule has 1 saturated heterocycles. The summed E-state index contributed by atoms with van der Waals surface area (Å²) in [5.41, 5.74) is 6.59. The summed E-state index contributed by atoms with van der Waals surface area (Å²) in [5.74, 6) is 0.530. The van der Waals surface area contributed by atoms with Gasteiger partial charge in [0.25, 0.3) is 0 Å². The third-order valence-electron chi connectivity index (χ3n) is 3.89. The zero-order chi connectivity index (χ0) is 10.7. The zero-order valence-corrected chi connectivity index (χ0v) is 9.80. The number of rotatable bonds is 6. The molecule has 0 aromatic carbocycles. The van der Waals surface area contributed by atoms with Gasteiger partial charge in [0.1, 0.15) is 0 Å². The molecule has 2 atom stereocenters. The van der Waals surface area contributed by atoms with Gasteiger partial charge in [-0.2, -0.15) is 0 Å². The first-order valence-corrected chi connectivity index (χ1v) is 6.30. The summed E-state index contributed by atoms with van der Waals surface area (Å²) in [6.07, 6.45) is 5.53. The van der Waals surface area contributed by atoms with Gasteiger partial charge in [0.15, 0.2) is 0 Å². The van der Waals surface area contributed by atoms with Crippen LogP contribution < -0.4 is 11.1 Å². The van der Waals surface area contributed by atoms with Crippen LogP contribution in [0.2, 0.25) is 0 Å². The molecule has 2 aliphatic rings. The third kappa shape index (κ3) is 2.92. The maximum Gasteiger partial charge on any atom is 0.0621 e. The molecule has 2 rings (SSSR count). The number of hydrogen-bond acceptors (Lipinski definition) is 3. The zero-order valence-electron chi connectivity index (χ0n) is 9.80. The van der Waals surface area contributed by atoms with Crippen LogP contribution in [0.4, 0.5) is 0 Å². The maximum absolute atomic E-state index is 5.94. The number of nitrogens with one attached hydrogen (secondary N) is 1. The van der Waals surface area contributed by atoms with Crippen molar-refractivity contribution in [2.45, 2.75) is 38.6 Å². The van der Waals surface area contributed by atoms with Gasteiger partial charge >= 0.3 is 0 Å². The first kappa shape index (κ1) is 11.4. The van der Waals surface area contributed by atoms with Crippen LogP contribution in [0.15, 0.2) is 0 Å². The van der Waals surface area contributed by atoms with Gasteiger partial charge in [-0.1, -0.05) is 13.3 Å². The highest BCUT2D eigenvalue weighted by Crippen LogP contribution is 2.48. The summed E-state index contributed by atoms with van der Waals surface area (Å²) in [4.78, 5) is 0. The molecule has 1 heterocycles. The molecule has 3 N–H and O–H groups in total. The molecule has 2 unspecified atom stereocenters. The summed E-state index contributed by atoms with van der Waals surface area (Å²) >= 11 is 0. The number of nitrogens with two attached hydrogens (primary N) is 1.